The molecule has 0 rings (SSSR count). The van der Waals surface area contributed by atoms with Crippen molar-refractivity contribution in [1.29, 1.82) is 0 Å². The Labute approximate surface area is 42.5 Å². The zero-order valence-electron chi connectivity index (χ0n) is 4.07. The molecule has 0 aromatic heterocycles. The van der Waals surface area contributed by atoms with Crippen LogP contribution in [0.1, 0.15) is 0 Å². The molecule has 1 radical (unpaired) electrons. The Morgan fingerprint density at radius 3 is 2.50 bits per heavy atom. The summed E-state index contributed by atoms with van der Waals surface area (Å²) in [5, 5.41) is 1.15. The topological polar surface area (TPSA) is 0 Å². The third-order valence-corrected chi connectivity index (χ3v) is 0.702. The van der Waals surface area contributed by atoms with Crippen LogP contribution >= 0.6 is 9.24 Å². The van der Waals surface area contributed by atoms with Crippen molar-refractivity contribution in [1.82, 2.24) is 0 Å². The number of hydrogen-bond acceptors (Lipinski definition) is 0. The predicted molar refractivity (Wildman–Crippen MR) is 35.3 cm³/mol. The molecule has 0 heterocycles. The Morgan fingerprint density at radius 1 is 2.00 bits per heavy atom. The van der Waals surface area contributed by atoms with Crippen molar-refractivity contribution in [3.8, 4) is 0 Å². The summed E-state index contributed by atoms with van der Waals surface area (Å²) in [6.45, 7) is 5.70. The van der Waals surface area contributed by atoms with E-state index in [2.05, 4.69) is 23.1 Å². The molecule has 2 heteroatoms. The summed E-state index contributed by atoms with van der Waals surface area (Å²) in [6, 6.07) is 0. The monoisotopic (exact) mass is 99.1 g/mol. The SMILES string of the molecule is C=C(P)C[B]C. The van der Waals surface area contributed by atoms with E-state index in [1.165, 1.54) is 0 Å². The standard InChI is InChI=1S/C4H9BP/c1-4(6)3-5-2/h1,3,6H2,2H3. The van der Waals surface area contributed by atoms with Crippen molar-refractivity contribution in [2.24, 2.45) is 0 Å². The molecule has 0 bridgehead atoms. The van der Waals surface area contributed by atoms with Crippen molar-refractivity contribution in [3.05, 3.63) is 11.9 Å². The largest absolute Gasteiger partial charge is 0.112 e. The maximum absolute atomic E-state index is 3.68. The second kappa shape index (κ2) is 3.43. The lowest BCUT2D eigenvalue weighted by atomic mass is 9.78. The van der Waals surface area contributed by atoms with E-state index in [4.69, 9.17) is 0 Å². The molecule has 0 fully saturated rings. The number of allylic oxidation sites excluding steroid dienone is 1. The van der Waals surface area contributed by atoms with Gasteiger partial charge in [0.15, 0.2) is 0 Å². The van der Waals surface area contributed by atoms with Crippen LogP contribution in [0.4, 0.5) is 0 Å². The van der Waals surface area contributed by atoms with Crippen molar-refractivity contribution < 1.29 is 0 Å². The fourth-order valence-corrected chi connectivity index (χ4v) is 0.498. The van der Waals surface area contributed by atoms with Crippen LogP contribution in [0.3, 0.4) is 0 Å². The van der Waals surface area contributed by atoms with E-state index >= 15 is 0 Å². The molecule has 0 amide bonds. The smallest absolute Gasteiger partial charge is 0.111 e. The van der Waals surface area contributed by atoms with E-state index in [-0.39, 0.29) is 0 Å². The summed E-state index contributed by atoms with van der Waals surface area (Å²) in [6.07, 6.45) is 1.02. The zero-order valence-corrected chi connectivity index (χ0v) is 5.22. The highest BCUT2D eigenvalue weighted by molar-refractivity contribution is 7.22. The van der Waals surface area contributed by atoms with Gasteiger partial charge in [-0.3, -0.25) is 0 Å². The molecule has 6 heavy (non-hydrogen) atoms. The van der Waals surface area contributed by atoms with Gasteiger partial charge in [0, 0.05) is 0 Å². The molecule has 0 aliphatic heterocycles. The summed E-state index contributed by atoms with van der Waals surface area (Å²) < 4.78 is 0. The summed E-state index contributed by atoms with van der Waals surface area (Å²) in [5.74, 6) is 0. The Morgan fingerprint density at radius 2 is 2.50 bits per heavy atom. The first-order valence-corrected chi connectivity index (χ1v) is 2.56. The predicted octanol–water partition coefficient (Wildman–Crippen LogP) is 1.55. The lowest BCUT2D eigenvalue weighted by molar-refractivity contribution is 1.66. The lowest BCUT2D eigenvalue weighted by Crippen LogP contribution is -1.75. The Hall–Kier alpha value is 0.235. The highest BCUT2D eigenvalue weighted by atomic mass is 31.0. The lowest BCUT2D eigenvalue weighted by Gasteiger charge is -1.85. The van der Waals surface area contributed by atoms with E-state index in [9.17, 15) is 0 Å². The molecule has 0 spiro atoms. The summed E-state index contributed by atoms with van der Waals surface area (Å²) in [5.41, 5.74) is 0. The molecular formula is C4H9BP. The molecule has 0 saturated carbocycles. The molecule has 0 N–H and O–H groups in total. The Kier molecular flexibility index (Phi) is 3.56. The second-order valence-electron chi connectivity index (χ2n) is 1.27. The maximum Gasteiger partial charge on any atom is 0.111 e. The number of rotatable bonds is 2. The van der Waals surface area contributed by atoms with E-state index in [0.29, 0.717) is 0 Å². The van der Waals surface area contributed by atoms with E-state index in [0.717, 1.165) is 11.6 Å². The molecule has 0 aromatic rings. The average Bonchev–Trinajstić information content (AvgIpc) is 1.35. The van der Waals surface area contributed by atoms with Gasteiger partial charge in [-0.15, -0.1) is 9.24 Å². The van der Waals surface area contributed by atoms with Gasteiger partial charge in [-0.05, 0) is 0 Å². The van der Waals surface area contributed by atoms with Gasteiger partial charge in [0.25, 0.3) is 0 Å². The molecule has 33 valence electrons. The summed E-state index contributed by atoms with van der Waals surface area (Å²) in [4.78, 5) is 0. The van der Waals surface area contributed by atoms with Crippen molar-refractivity contribution in [3.63, 3.8) is 0 Å². The van der Waals surface area contributed by atoms with E-state index < -0.39 is 0 Å². The first-order chi connectivity index (χ1) is 2.77. The van der Waals surface area contributed by atoms with Gasteiger partial charge in [-0.2, -0.15) is 0 Å². The minimum atomic E-state index is 1.02. The van der Waals surface area contributed by atoms with Crippen LogP contribution in [-0.4, -0.2) is 7.28 Å². The van der Waals surface area contributed by atoms with Gasteiger partial charge in [0.05, 0.1) is 0 Å². The van der Waals surface area contributed by atoms with Gasteiger partial charge in [0.2, 0.25) is 0 Å². The van der Waals surface area contributed by atoms with Crippen molar-refractivity contribution in [2.75, 3.05) is 0 Å². The molecule has 0 aromatic carbocycles. The molecule has 0 saturated heterocycles. The van der Waals surface area contributed by atoms with Gasteiger partial charge in [0.1, 0.15) is 7.28 Å². The normalized spacial score (nSPS) is 7.67. The van der Waals surface area contributed by atoms with Crippen LogP contribution in [0.5, 0.6) is 0 Å². The molecule has 0 aliphatic rings. The average molecular weight is 98.9 g/mol. The van der Waals surface area contributed by atoms with Gasteiger partial charge < -0.3 is 0 Å². The molecule has 0 nitrogen and oxygen atoms in total. The summed E-state index contributed by atoms with van der Waals surface area (Å²) in [7, 11) is 4.63. The van der Waals surface area contributed by atoms with Crippen molar-refractivity contribution in [2.45, 2.75) is 13.1 Å². The minimum absolute atomic E-state index is 1.02. The molecule has 1 atom stereocenters. The van der Waals surface area contributed by atoms with Crippen LogP contribution in [0.25, 0.3) is 0 Å². The molecule has 1 unspecified atom stereocenters. The molecule has 0 aliphatic carbocycles. The minimum Gasteiger partial charge on any atom is -0.112 e. The van der Waals surface area contributed by atoms with Crippen molar-refractivity contribution >= 4 is 16.5 Å². The fourth-order valence-electron chi connectivity index (χ4n) is 0.262. The van der Waals surface area contributed by atoms with Crippen LogP contribution < -0.4 is 0 Å². The fraction of sp³-hybridized carbons (Fsp3) is 0.500. The second-order valence-corrected chi connectivity index (χ2v) is 2.09. The highest BCUT2D eigenvalue weighted by Gasteiger charge is 1.78. The summed E-state index contributed by atoms with van der Waals surface area (Å²) >= 11 is 0. The van der Waals surface area contributed by atoms with Gasteiger partial charge >= 0.3 is 0 Å². The van der Waals surface area contributed by atoms with Crippen LogP contribution in [0.15, 0.2) is 11.9 Å². The van der Waals surface area contributed by atoms with Gasteiger partial charge in [-0.25, -0.2) is 0 Å². The van der Waals surface area contributed by atoms with Crippen LogP contribution in [0.2, 0.25) is 13.1 Å². The van der Waals surface area contributed by atoms with E-state index in [1.807, 2.05) is 6.82 Å². The molecular weight excluding hydrogens is 89.8 g/mol. The maximum atomic E-state index is 3.68. The third kappa shape index (κ3) is 4.23. The quantitative estimate of drug-likeness (QED) is 0.363. The van der Waals surface area contributed by atoms with Gasteiger partial charge in [-0.1, -0.05) is 25.0 Å². The number of hydrogen-bond donors (Lipinski definition) is 0. The Bertz CT molecular complexity index is 51.5. The first-order valence-electron chi connectivity index (χ1n) is 1.98. The van der Waals surface area contributed by atoms with Crippen LogP contribution in [-0.2, 0) is 0 Å². The highest BCUT2D eigenvalue weighted by Crippen LogP contribution is 2.04. The van der Waals surface area contributed by atoms with Crippen LogP contribution in [0, 0.1) is 0 Å². The zero-order chi connectivity index (χ0) is 4.99. The van der Waals surface area contributed by atoms with E-state index in [1.54, 1.807) is 0 Å². The third-order valence-electron chi connectivity index (χ3n) is 0.466. The first kappa shape index (κ1) is 6.23. The Balaban J connectivity index is 2.83.